The molecule has 84 valence electrons. The molecule has 5 nitrogen and oxygen atoms in total. The topological polar surface area (TPSA) is 68.9 Å². The maximum Gasteiger partial charge on any atom is 0.362 e. The van der Waals surface area contributed by atoms with E-state index in [1.807, 2.05) is 0 Å². The van der Waals surface area contributed by atoms with E-state index in [0.717, 1.165) is 0 Å². The highest BCUT2D eigenvalue weighted by Crippen LogP contribution is 2.50. The van der Waals surface area contributed by atoms with Crippen LogP contribution in [-0.4, -0.2) is 25.2 Å². The number of aliphatic hydroxyl groups excluding tert-OH is 1. The zero-order valence-electron chi connectivity index (χ0n) is 8.49. The van der Waals surface area contributed by atoms with Gasteiger partial charge in [-0.3, -0.25) is 4.57 Å². The summed E-state index contributed by atoms with van der Waals surface area (Å²) < 4.78 is 25.9. The summed E-state index contributed by atoms with van der Waals surface area (Å²) >= 11 is 0. The predicted molar refractivity (Wildman–Crippen MR) is 55.4 cm³/mol. The molecule has 15 heavy (non-hydrogen) atoms. The van der Waals surface area contributed by atoms with Crippen LogP contribution in [0.4, 0.5) is 0 Å². The summed E-state index contributed by atoms with van der Waals surface area (Å²) in [6.45, 7) is 0. The van der Waals surface area contributed by atoms with E-state index >= 15 is 0 Å². The smallest absolute Gasteiger partial charge is 0.362 e. The highest BCUT2D eigenvalue weighted by Gasteiger charge is 2.29. The molecule has 0 aliphatic carbocycles. The largest absolute Gasteiger partial charge is 0.465 e. The zero-order chi connectivity index (χ0) is 11.3. The van der Waals surface area contributed by atoms with Gasteiger partial charge in [-0.15, -0.1) is 0 Å². The van der Waals surface area contributed by atoms with Crippen LogP contribution in [0.15, 0.2) is 28.9 Å². The number of aliphatic hydroxyl groups is 1. The van der Waals surface area contributed by atoms with Gasteiger partial charge in [0, 0.05) is 14.2 Å². The van der Waals surface area contributed by atoms with Crippen LogP contribution >= 0.6 is 7.60 Å². The lowest BCUT2D eigenvalue weighted by atomic mass is 10.4. The van der Waals surface area contributed by atoms with Crippen LogP contribution in [-0.2, 0) is 13.6 Å². The van der Waals surface area contributed by atoms with E-state index in [1.54, 1.807) is 12.1 Å². The van der Waals surface area contributed by atoms with Crippen LogP contribution in [0.5, 0.6) is 0 Å². The van der Waals surface area contributed by atoms with Gasteiger partial charge in [0.05, 0.1) is 6.26 Å². The average molecular weight is 232 g/mol. The summed E-state index contributed by atoms with van der Waals surface area (Å²) in [7, 11) is -1.03. The first-order chi connectivity index (χ1) is 7.12. The quantitative estimate of drug-likeness (QED) is 0.787. The summed E-state index contributed by atoms with van der Waals surface area (Å²) in [5.41, 5.74) is 0. The fraction of sp³-hybridized carbons (Fsp3) is 0.333. The van der Waals surface area contributed by atoms with Gasteiger partial charge in [0.1, 0.15) is 5.76 Å². The number of furan rings is 1. The van der Waals surface area contributed by atoms with Gasteiger partial charge in [-0.25, -0.2) is 0 Å². The number of hydrogen-bond donors (Lipinski definition) is 1. The molecule has 1 atom stereocenters. The fourth-order valence-electron chi connectivity index (χ4n) is 0.963. The molecule has 0 aliphatic heterocycles. The van der Waals surface area contributed by atoms with Gasteiger partial charge >= 0.3 is 7.60 Å². The van der Waals surface area contributed by atoms with E-state index < -0.39 is 13.4 Å². The Morgan fingerprint density at radius 1 is 1.53 bits per heavy atom. The Balaban J connectivity index is 2.70. The first-order valence-corrected chi connectivity index (χ1v) is 5.84. The van der Waals surface area contributed by atoms with Crippen LogP contribution in [0.25, 0.3) is 6.08 Å². The molecule has 1 unspecified atom stereocenters. The second-order valence-electron chi connectivity index (χ2n) is 2.69. The van der Waals surface area contributed by atoms with Gasteiger partial charge in [0.25, 0.3) is 0 Å². The standard InChI is InChI=1S/C9H13O5P/c1-12-15(11,13-2)9(10)6-5-8-4-3-7-14-8/h3-7,9-10H,1-2H3/b6-5+. The van der Waals surface area contributed by atoms with Crippen molar-refractivity contribution >= 4 is 13.7 Å². The Bertz CT molecular complexity index is 349. The molecule has 0 aromatic carbocycles. The zero-order valence-corrected chi connectivity index (χ0v) is 9.39. The van der Waals surface area contributed by atoms with E-state index in [-0.39, 0.29) is 0 Å². The summed E-state index contributed by atoms with van der Waals surface area (Å²) in [4.78, 5) is 0. The van der Waals surface area contributed by atoms with E-state index in [2.05, 4.69) is 9.05 Å². The van der Waals surface area contributed by atoms with Gasteiger partial charge in [0.15, 0.2) is 5.85 Å². The van der Waals surface area contributed by atoms with Crippen LogP contribution in [0.1, 0.15) is 5.76 Å². The molecule has 0 fully saturated rings. The lowest BCUT2D eigenvalue weighted by Crippen LogP contribution is -2.06. The Morgan fingerprint density at radius 2 is 2.20 bits per heavy atom. The van der Waals surface area contributed by atoms with Crippen molar-refractivity contribution in [2.75, 3.05) is 14.2 Å². The number of rotatable bonds is 5. The predicted octanol–water partition coefficient (Wildman–Crippen LogP) is 2.10. The van der Waals surface area contributed by atoms with Gasteiger partial charge in [-0.05, 0) is 24.3 Å². The molecule has 1 rings (SSSR count). The van der Waals surface area contributed by atoms with Gasteiger partial charge < -0.3 is 18.6 Å². The SMILES string of the molecule is COP(=O)(OC)C(O)/C=C/c1ccco1. The minimum Gasteiger partial charge on any atom is -0.465 e. The van der Waals surface area contributed by atoms with Crippen molar-refractivity contribution in [2.24, 2.45) is 0 Å². The summed E-state index contributed by atoms with van der Waals surface area (Å²) in [5.74, 6) is -0.759. The number of hydrogen-bond acceptors (Lipinski definition) is 5. The first-order valence-electron chi connectivity index (χ1n) is 4.23. The van der Waals surface area contributed by atoms with Crippen molar-refractivity contribution in [3.05, 3.63) is 30.2 Å². The van der Waals surface area contributed by atoms with Crippen LogP contribution in [0, 0.1) is 0 Å². The molecule has 1 aromatic rings. The Morgan fingerprint density at radius 3 is 2.67 bits per heavy atom. The summed E-state index contributed by atoms with van der Waals surface area (Å²) in [6, 6.07) is 3.41. The molecule has 6 heteroatoms. The Kier molecular flexibility index (Phi) is 4.29. The second kappa shape index (κ2) is 5.28. The molecular weight excluding hydrogens is 219 g/mol. The van der Waals surface area contributed by atoms with Crippen molar-refractivity contribution in [3.8, 4) is 0 Å². The van der Waals surface area contributed by atoms with Crippen molar-refractivity contribution in [2.45, 2.75) is 5.85 Å². The van der Waals surface area contributed by atoms with Crippen molar-refractivity contribution in [1.29, 1.82) is 0 Å². The third-order valence-electron chi connectivity index (χ3n) is 1.81. The van der Waals surface area contributed by atoms with Crippen molar-refractivity contribution in [1.82, 2.24) is 0 Å². The molecule has 0 saturated heterocycles. The van der Waals surface area contributed by atoms with Gasteiger partial charge in [-0.1, -0.05) is 0 Å². The maximum absolute atomic E-state index is 11.6. The molecule has 1 heterocycles. The lowest BCUT2D eigenvalue weighted by molar-refractivity contribution is 0.201. The Hall–Kier alpha value is -0.870. The third kappa shape index (κ3) is 3.04. The molecule has 0 radical (unpaired) electrons. The van der Waals surface area contributed by atoms with Gasteiger partial charge in [-0.2, -0.15) is 0 Å². The second-order valence-corrected chi connectivity index (χ2v) is 5.03. The molecule has 0 saturated carbocycles. The highest BCUT2D eigenvalue weighted by molar-refractivity contribution is 7.54. The summed E-state index contributed by atoms with van der Waals surface area (Å²) in [6.07, 6.45) is 4.29. The molecule has 1 N–H and O–H groups in total. The molecule has 0 spiro atoms. The lowest BCUT2D eigenvalue weighted by Gasteiger charge is -2.16. The molecule has 0 aliphatic rings. The summed E-state index contributed by atoms with van der Waals surface area (Å²) in [5, 5.41) is 9.53. The van der Waals surface area contributed by atoms with E-state index in [4.69, 9.17) is 4.42 Å². The van der Waals surface area contributed by atoms with Crippen molar-refractivity contribution < 1.29 is 23.1 Å². The minimum absolute atomic E-state index is 0.549. The highest BCUT2D eigenvalue weighted by atomic mass is 31.2. The van der Waals surface area contributed by atoms with Crippen LogP contribution < -0.4 is 0 Å². The third-order valence-corrected chi connectivity index (χ3v) is 3.65. The molecule has 0 amide bonds. The normalized spacial score (nSPS) is 14.6. The fourth-order valence-corrected chi connectivity index (χ4v) is 1.84. The van der Waals surface area contributed by atoms with E-state index in [1.165, 1.54) is 32.6 Å². The van der Waals surface area contributed by atoms with Crippen LogP contribution in [0.3, 0.4) is 0 Å². The Labute approximate surface area is 87.8 Å². The van der Waals surface area contributed by atoms with Crippen LogP contribution in [0.2, 0.25) is 0 Å². The molecule has 1 aromatic heterocycles. The maximum atomic E-state index is 11.6. The van der Waals surface area contributed by atoms with E-state index in [9.17, 15) is 9.67 Å². The van der Waals surface area contributed by atoms with E-state index in [0.29, 0.717) is 5.76 Å². The molecule has 0 bridgehead atoms. The monoisotopic (exact) mass is 232 g/mol. The average Bonchev–Trinajstić information content (AvgIpc) is 2.77. The van der Waals surface area contributed by atoms with Crippen molar-refractivity contribution in [3.63, 3.8) is 0 Å². The van der Waals surface area contributed by atoms with Gasteiger partial charge in [0.2, 0.25) is 0 Å². The molecular formula is C9H13O5P. The first kappa shape index (κ1) is 12.2. The minimum atomic E-state index is -3.46.